The molecule has 1 aliphatic carbocycles. The van der Waals surface area contributed by atoms with Gasteiger partial charge in [-0.1, -0.05) is 0 Å². The van der Waals surface area contributed by atoms with Crippen molar-refractivity contribution in [2.45, 2.75) is 30.2 Å². The van der Waals surface area contributed by atoms with Gasteiger partial charge in [-0.25, -0.2) is 22.6 Å². The van der Waals surface area contributed by atoms with Crippen LogP contribution in [0.25, 0.3) is 11.1 Å². The van der Waals surface area contributed by atoms with Crippen molar-refractivity contribution in [2.75, 3.05) is 6.54 Å². The van der Waals surface area contributed by atoms with Crippen LogP contribution in [0.4, 0.5) is 0 Å². The summed E-state index contributed by atoms with van der Waals surface area (Å²) in [6, 6.07) is 7.26. The summed E-state index contributed by atoms with van der Waals surface area (Å²) in [5.41, 5.74) is 1.17. The number of benzene rings is 1. The van der Waals surface area contributed by atoms with Gasteiger partial charge in [0.1, 0.15) is 0 Å². The standard InChI is InChI=1S/C16H16N4O5S/c21-15-6-4-12(10-1-2-10)19-20(15)8-7-17-26(23,24)11-3-5-14-13(9-11)18-16(22)25-14/h3-6,9-10,17H,1-2,7-8H2,(H,18,22). The Hall–Kier alpha value is -2.72. The predicted molar refractivity (Wildman–Crippen MR) is 92.5 cm³/mol. The molecule has 3 aromatic rings. The molecule has 1 fully saturated rings. The van der Waals surface area contributed by atoms with E-state index in [1.54, 1.807) is 6.07 Å². The van der Waals surface area contributed by atoms with Gasteiger partial charge in [0.15, 0.2) is 5.58 Å². The van der Waals surface area contributed by atoms with E-state index in [1.165, 1.54) is 28.9 Å². The van der Waals surface area contributed by atoms with Crippen molar-refractivity contribution in [2.24, 2.45) is 0 Å². The normalized spacial score (nSPS) is 14.8. The van der Waals surface area contributed by atoms with Gasteiger partial charge in [0.2, 0.25) is 10.0 Å². The lowest BCUT2D eigenvalue weighted by Crippen LogP contribution is -2.32. The molecule has 4 rings (SSSR count). The van der Waals surface area contributed by atoms with Gasteiger partial charge >= 0.3 is 5.76 Å². The summed E-state index contributed by atoms with van der Waals surface area (Å²) in [5, 5.41) is 4.29. The van der Waals surface area contributed by atoms with E-state index in [0.717, 1.165) is 18.5 Å². The molecule has 0 bridgehead atoms. The van der Waals surface area contributed by atoms with Crippen LogP contribution in [0.5, 0.6) is 0 Å². The van der Waals surface area contributed by atoms with Gasteiger partial charge in [-0.05, 0) is 37.1 Å². The maximum atomic E-state index is 12.4. The molecule has 10 heteroatoms. The molecule has 9 nitrogen and oxygen atoms in total. The first kappa shape index (κ1) is 16.7. The number of aromatic nitrogens is 3. The summed E-state index contributed by atoms with van der Waals surface area (Å²) >= 11 is 0. The van der Waals surface area contributed by atoms with Gasteiger partial charge in [0.25, 0.3) is 5.56 Å². The zero-order valence-corrected chi connectivity index (χ0v) is 14.5. The SMILES string of the molecule is O=c1[nH]c2cc(S(=O)(=O)NCCn3nc(C4CC4)ccc3=O)ccc2o1. The Kier molecular flexibility index (Phi) is 4.00. The first-order chi connectivity index (χ1) is 12.4. The number of hydrogen-bond donors (Lipinski definition) is 2. The molecule has 26 heavy (non-hydrogen) atoms. The van der Waals surface area contributed by atoms with E-state index in [-0.39, 0.29) is 29.1 Å². The zero-order chi connectivity index (χ0) is 18.3. The highest BCUT2D eigenvalue weighted by Crippen LogP contribution is 2.38. The average molecular weight is 376 g/mol. The molecule has 0 saturated heterocycles. The third kappa shape index (κ3) is 3.33. The van der Waals surface area contributed by atoms with Crippen molar-refractivity contribution in [3.8, 4) is 0 Å². The van der Waals surface area contributed by atoms with E-state index in [2.05, 4.69) is 14.8 Å². The van der Waals surface area contributed by atoms with Crippen molar-refractivity contribution >= 4 is 21.1 Å². The highest BCUT2D eigenvalue weighted by atomic mass is 32.2. The number of oxazole rings is 1. The number of sulfonamides is 1. The van der Waals surface area contributed by atoms with Crippen LogP contribution in [0.2, 0.25) is 0 Å². The van der Waals surface area contributed by atoms with Crippen LogP contribution in [-0.4, -0.2) is 29.7 Å². The van der Waals surface area contributed by atoms with Crippen molar-refractivity contribution < 1.29 is 12.8 Å². The molecule has 1 aromatic carbocycles. The second-order valence-corrected chi connectivity index (χ2v) is 7.93. The summed E-state index contributed by atoms with van der Waals surface area (Å²) < 4.78 is 33.4. The molecule has 0 spiro atoms. The smallest absolute Gasteiger partial charge is 0.408 e. The molecule has 136 valence electrons. The van der Waals surface area contributed by atoms with Crippen LogP contribution in [0, 0.1) is 0 Å². The van der Waals surface area contributed by atoms with Gasteiger partial charge in [-0.3, -0.25) is 9.78 Å². The Morgan fingerprint density at radius 3 is 2.81 bits per heavy atom. The number of rotatable bonds is 6. The van der Waals surface area contributed by atoms with E-state index < -0.39 is 15.8 Å². The van der Waals surface area contributed by atoms with Gasteiger partial charge in [-0.15, -0.1) is 0 Å². The lowest BCUT2D eigenvalue weighted by atomic mass is 10.3. The Bertz CT molecular complexity index is 1190. The van der Waals surface area contributed by atoms with Crippen LogP contribution in [0.15, 0.2) is 49.2 Å². The first-order valence-corrected chi connectivity index (χ1v) is 9.61. The van der Waals surface area contributed by atoms with E-state index in [9.17, 15) is 18.0 Å². The molecule has 2 N–H and O–H groups in total. The number of nitrogens with one attached hydrogen (secondary N) is 2. The molecule has 0 unspecified atom stereocenters. The van der Waals surface area contributed by atoms with Crippen molar-refractivity contribution in [3.05, 3.63) is 56.9 Å². The minimum absolute atomic E-state index is 0.00547. The summed E-state index contributed by atoms with van der Waals surface area (Å²) in [6.45, 7) is 0.146. The molecule has 0 amide bonds. The van der Waals surface area contributed by atoms with Gasteiger partial charge in [0, 0.05) is 18.5 Å². The fraction of sp³-hybridized carbons (Fsp3) is 0.312. The second-order valence-electron chi connectivity index (χ2n) is 6.16. The molecule has 0 radical (unpaired) electrons. The van der Waals surface area contributed by atoms with Crippen molar-refractivity contribution in [1.82, 2.24) is 19.5 Å². The van der Waals surface area contributed by atoms with E-state index in [1.807, 2.05) is 0 Å². The monoisotopic (exact) mass is 376 g/mol. The molecule has 0 atom stereocenters. The minimum atomic E-state index is -3.80. The van der Waals surface area contributed by atoms with Crippen molar-refractivity contribution in [1.29, 1.82) is 0 Å². The fourth-order valence-corrected chi connectivity index (χ4v) is 3.74. The Morgan fingerprint density at radius 1 is 1.23 bits per heavy atom. The summed E-state index contributed by atoms with van der Waals surface area (Å²) in [7, 11) is -3.80. The first-order valence-electron chi connectivity index (χ1n) is 8.13. The topological polar surface area (TPSA) is 127 Å². The minimum Gasteiger partial charge on any atom is -0.408 e. The van der Waals surface area contributed by atoms with E-state index in [0.29, 0.717) is 11.4 Å². The van der Waals surface area contributed by atoms with Crippen LogP contribution < -0.4 is 16.0 Å². The molecular formula is C16H16N4O5S. The molecule has 2 aromatic heterocycles. The van der Waals surface area contributed by atoms with Crippen LogP contribution in [0.1, 0.15) is 24.5 Å². The predicted octanol–water partition coefficient (Wildman–Crippen LogP) is 0.534. The lowest BCUT2D eigenvalue weighted by molar-refractivity contribution is 0.541. The van der Waals surface area contributed by atoms with Gasteiger partial charge in [-0.2, -0.15) is 5.10 Å². The maximum absolute atomic E-state index is 12.4. The Labute approximate surface area is 147 Å². The number of fused-ring (bicyclic) bond motifs is 1. The highest BCUT2D eigenvalue weighted by Gasteiger charge is 2.25. The quantitative estimate of drug-likeness (QED) is 0.646. The number of hydrogen-bond acceptors (Lipinski definition) is 6. The number of H-pyrrole nitrogens is 1. The summed E-state index contributed by atoms with van der Waals surface area (Å²) in [6.07, 6.45) is 2.13. The lowest BCUT2D eigenvalue weighted by Gasteiger charge is -2.09. The third-order valence-electron chi connectivity index (χ3n) is 4.20. The van der Waals surface area contributed by atoms with Crippen molar-refractivity contribution in [3.63, 3.8) is 0 Å². The number of nitrogens with zero attached hydrogens (tertiary/aromatic N) is 2. The molecule has 0 aliphatic heterocycles. The zero-order valence-electron chi connectivity index (χ0n) is 13.6. The van der Waals surface area contributed by atoms with Crippen LogP contribution >= 0.6 is 0 Å². The molecule has 1 aliphatic rings. The van der Waals surface area contributed by atoms with Crippen LogP contribution in [0.3, 0.4) is 0 Å². The fourth-order valence-electron chi connectivity index (χ4n) is 2.69. The molecular weight excluding hydrogens is 360 g/mol. The second kappa shape index (κ2) is 6.22. The Morgan fingerprint density at radius 2 is 2.04 bits per heavy atom. The Balaban J connectivity index is 1.48. The summed E-state index contributed by atoms with van der Waals surface area (Å²) in [4.78, 5) is 25.4. The maximum Gasteiger partial charge on any atom is 0.417 e. The van der Waals surface area contributed by atoms with E-state index >= 15 is 0 Å². The highest BCUT2D eigenvalue weighted by molar-refractivity contribution is 7.89. The molecule has 1 saturated carbocycles. The van der Waals surface area contributed by atoms with Gasteiger partial charge < -0.3 is 4.42 Å². The largest absolute Gasteiger partial charge is 0.417 e. The average Bonchev–Trinajstić information content (AvgIpc) is 3.37. The van der Waals surface area contributed by atoms with Crippen LogP contribution in [-0.2, 0) is 16.6 Å². The third-order valence-corrected chi connectivity index (χ3v) is 5.66. The van der Waals surface area contributed by atoms with E-state index in [4.69, 9.17) is 4.42 Å². The molecule has 2 heterocycles. The van der Waals surface area contributed by atoms with Gasteiger partial charge in [0.05, 0.1) is 22.7 Å². The number of aromatic amines is 1. The summed E-state index contributed by atoms with van der Waals surface area (Å²) in [5.74, 6) is -0.245.